The first-order valence-corrected chi connectivity index (χ1v) is 6.71. The number of halogens is 1. The first kappa shape index (κ1) is 15.5. The van der Waals surface area contributed by atoms with Crippen LogP contribution in [0.5, 0.6) is 0 Å². The fourth-order valence-electron chi connectivity index (χ4n) is 2.11. The second-order valence-corrected chi connectivity index (χ2v) is 4.69. The van der Waals surface area contributed by atoms with Crippen LogP contribution in [-0.4, -0.2) is 56.3 Å². The van der Waals surface area contributed by atoms with E-state index in [2.05, 4.69) is 4.98 Å². The molecule has 0 fully saturated rings. The second-order valence-electron chi connectivity index (χ2n) is 4.69. The fourth-order valence-corrected chi connectivity index (χ4v) is 2.11. The molecule has 0 saturated heterocycles. The van der Waals surface area contributed by atoms with Crippen LogP contribution >= 0.6 is 0 Å². The Morgan fingerprint density at radius 2 is 1.86 bits per heavy atom. The van der Waals surface area contributed by atoms with Gasteiger partial charge < -0.3 is 19.4 Å². The molecular weight excluding hydrogens is 275 g/mol. The molecule has 1 aromatic heterocycles. The summed E-state index contributed by atoms with van der Waals surface area (Å²) >= 11 is 0. The Morgan fingerprint density at radius 1 is 1.19 bits per heavy atom. The number of aromatic nitrogens is 1. The second kappa shape index (κ2) is 7.19. The third kappa shape index (κ3) is 3.80. The Morgan fingerprint density at radius 3 is 2.48 bits per heavy atom. The minimum absolute atomic E-state index is 0.152. The summed E-state index contributed by atoms with van der Waals surface area (Å²) in [6.45, 7) is 1.85. The molecule has 0 spiro atoms. The molecular formula is C15H19FN2O3. The maximum atomic E-state index is 13.2. The SMILES string of the molecule is COCCN(CCOC)C(=O)c1cc2cc(F)ccc2[nH]1. The number of amides is 1. The first-order chi connectivity index (χ1) is 10.2. The molecule has 0 radical (unpaired) electrons. The lowest BCUT2D eigenvalue weighted by Gasteiger charge is -2.21. The van der Waals surface area contributed by atoms with Gasteiger partial charge >= 0.3 is 0 Å². The maximum Gasteiger partial charge on any atom is 0.270 e. The zero-order valence-electron chi connectivity index (χ0n) is 12.2. The van der Waals surface area contributed by atoms with Crippen LogP contribution in [0.15, 0.2) is 24.3 Å². The van der Waals surface area contributed by atoms with E-state index < -0.39 is 0 Å². The number of carbonyl (C=O) groups is 1. The molecule has 2 aromatic rings. The van der Waals surface area contributed by atoms with E-state index in [-0.39, 0.29) is 11.7 Å². The number of hydrogen-bond donors (Lipinski definition) is 1. The van der Waals surface area contributed by atoms with Gasteiger partial charge in [-0.3, -0.25) is 4.79 Å². The van der Waals surface area contributed by atoms with E-state index in [1.54, 1.807) is 31.3 Å². The van der Waals surface area contributed by atoms with Crippen molar-refractivity contribution in [3.8, 4) is 0 Å². The third-order valence-electron chi connectivity index (χ3n) is 3.23. The molecule has 1 heterocycles. The zero-order valence-corrected chi connectivity index (χ0v) is 12.2. The molecule has 0 aliphatic heterocycles. The third-order valence-corrected chi connectivity index (χ3v) is 3.23. The van der Waals surface area contributed by atoms with Gasteiger partial charge in [0.2, 0.25) is 0 Å². The Balaban J connectivity index is 2.20. The van der Waals surface area contributed by atoms with Crippen molar-refractivity contribution in [2.24, 2.45) is 0 Å². The summed E-state index contributed by atoms with van der Waals surface area (Å²) in [6.07, 6.45) is 0. The van der Waals surface area contributed by atoms with Crippen LogP contribution in [0.1, 0.15) is 10.5 Å². The lowest BCUT2D eigenvalue weighted by molar-refractivity contribution is 0.0623. The molecule has 0 aliphatic carbocycles. The van der Waals surface area contributed by atoms with Gasteiger partial charge in [-0.1, -0.05) is 0 Å². The number of ether oxygens (including phenoxy) is 2. The largest absolute Gasteiger partial charge is 0.383 e. The number of benzene rings is 1. The van der Waals surface area contributed by atoms with Crippen molar-refractivity contribution in [1.82, 2.24) is 9.88 Å². The molecule has 1 amide bonds. The van der Waals surface area contributed by atoms with Gasteiger partial charge in [0, 0.05) is 38.2 Å². The summed E-state index contributed by atoms with van der Waals surface area (Å²) < 4.78 is 23.2. The zero-order chi connectivity index (χ0) is 15.2. The van der Waals surface area contributed by atoms with Crippen molar-refractivity contribution < 1.29 is 18.7 Å². The van der Waals surface area contributed by atoms with Gasteiger partial charge in [0.1, 0.15) is 11.5 Å². The molecule has 1 aromatic carbocycles. The number of rotatable bonds is 7. The van der Waals surface area contributed by atoms with Crippen molar-refractivity contribution in [2.45, 2.75) is 0 Å². The van der Waals surface area contributed by atoms with Crippen molar-refractivity contribution in [3.63, 3.8) is 0 Å². The number of carbonyl (C=O) groups excluding carboxylic acids is 1. The summed E-state index contributed by atoms with van der Waals surface area (Å²) in [4.78, 5) is 17.2. The quantitative estimate of drug-likeness (QED) is 0.850. The van der Waals surface area contributed by atoms with Gasteiger partial charge in [0.15, 0.2) is 0 Å². The van der Waals surface area contributed by atoms with Gasteiger partial charge in [-0.15, -0.1) is 0 Å². The predicted molar refractivity (Wildman–Crippen MR) is 77.9 cm³/mol. The fraction of sp³-hybridized carbons (Fsp3) is 0.400. The summed E-state index contributed by atoms with van der Waals surface area (Å²) in [6, 6.07) is 6.04. The molecule has 2 rings (SSSR count). The van der Waals surface area contributed by atoms with Crippen LogP contribution in [-0.2, 0) is 9.47 Å². The normalized spacial score (nSPS) is 11.0. The van der Waals surface area contributed by atoms with Gasteiger partial charge in [-0.2, -0.15) is 0 Å². The van der Waals surface area contributed by atoms with Gasteiger partial charge in [0.25, 0.3) is 5.91 Å². The number of fused-ring (bicyclic) bond motifs is 1. The minimum Gasteiger partial charge on any atom is -0.383 e. The molecule has 0 unspecified atom stereocenters. The summed E-state index contributed by atoms with van der Waals surface area (Å²) in [5, 5.41) is 0.678. The molecule has 21 heavy (non-hydrogen) atoms. The Kier molecular flexibility index (Phi) is 5.30. The molecule has 5 nitrogen and oxygen atoms in total. The number of methoxy groups -OCH3 is 2. The lowest BCUT2D eigenvalue weighted by Crippen LogP contribution is -2.36. The lowest BCUT2D eigenvalue weighted by atomic mass is 10.2. The number of nitrogens with zero attached hydrogens (tertiary/aromatic N) is 1. The first-order valence-electron chi connectivity index (χ1n) is 6.71. The highest BCUT2D eigenvalue weighted by Crippen LogP contribution is 2.17. The topological polar surface area (TPSA) is 54.6 Å². The highest BCUT2D eigenvalue weighted by molar-refractivity contribution is 5.98. The van der Waals surface area contributed by atoms with E-state index >= 15 is 0 Å². The van der Waals surface area contributed by atoms with Crippen LogP contribution in [0.3, 0.4) is 0 Å². The number of H-pyrrole nitrogens is 1. The molecule has 0 aliphatic rings. The summed E-state index contributed by atoms with van der Waals surface area (Å²) in [5.74, 6) is -0.475. The molecule has 0 atom stereocenters. The van der Waals surface area contributed by atoms with Crippen molar-refractivity contribution in [2.75, 3.05) is 40.5 Å². The van der Waals surface area contributed by atoms with Crippen LogP contribution < -0.4 is 0 Å². The monoisotopic (exact) mass is 294 g/mol. The molecule has 114 valence electrons. The highest BCUT2D eigenvalue weighted by Gasteiger charge is 2.17. The average molecular weight is 294 g/mol. The van der Waals surface area contributed by atoms with Crippen LogP contribution in [0.4, 0.5) is 4.39 Å². The maximum absolute atomic E-state index is 13.2. The molecule has 1 N–H and O–H groups in total. The average Bonchev–Trinajstić information content (AvgIpc) is 2.89. The van der Waals surface area contributed by atoms with Crippen LogP contribution in [0, 0.1) is 5.82 Å². The Hall–Kier alpha value is -1.92. The van der Waals surface area contributed by atoms with Crippen LogP contribution in [0.2, 0.25) is 0 Å². The smallest absolute Gasteiger partial charge is 0.270 e. The summed E-state index contributed by atoms with van der Waals surface area (Å²) in [5.41, 5.74) is 1.17. The van der Waals surface area contributed by atoms with E-state index in [9.17, 15) is 9.18 Å². The number of aromatic amines is 1. The molecule has 0 saturated carbocycles. The minimum atomic E-state index is -0.323. The standard InChI is InChI=1S/C15H19FN2O3/c1-20-7-5-18(6-8-21-2)15(19)14-10-11-9-12(16)3-4-13(11)17-14/h3-4,9-10,17H,5-8H2,1-2H3. The molecule has 6 heteroatoms. The highest BCUT2D eigenvalue weighted by atomic mass is 19.1. The van der Waals surface area contributed by atoms with Crippen molar-refractivity contribution in [1.29, 1.82) is 0 Å². The van der Waals surface area contributed by atoms with Crippen molar-refractivity contribution in [3.05, 3.63) is 35.8 Å². The number of hydrogen-bond acceptors (Lipinski definition) is 3. The predicted octanol–water partition coefficient (Wildman–Crippen LogP) is 2.04. The van der Waals surface area contributed by atoms with Crippen molar-refractivity contribution >= 4 is 16.8 Å². The van der Waals surface area contributed by atoms with E-state index in [0.29, 0.717) is 37.4 Å². The van der Waals surface area contributed by atoms with Gasteiger partial charge in [0.05, 0.1) is 13.2 Å². The van der Waals surface area contributed by atoms with Gasteiger partial charge in [-0.25, -0.2) is 4.39 Å². The van der Waals surface area contributed by atoms with E-state index in [4.69, 9.17) is 9.47 Å². The Labute approximate surface area is 122 Å². The van der Waals surface area contributed by atoms with Gasteiger partial charge in [-0.05, 0) is 24.3 Å². The Bertz CT molecular complexity index is 604. The summed E-state index contributed by atoms with van der Waals surface area (Å²) in [7, 11) is 3.18. The number of nitrogens with one attached hydrogen (secondary N) is 1. The van der Waals surface area contributed by atoms with E-state index in [1.807, 2.05) is 0 Å². The van der Waals surface area contributed by atoms with E-state index in [1.165, 1.54) is 12.1 Å². The molecule has 0 bridgehead atoms. The van der Waals surface area contributed by atoms with Crippen LogP contribution in [0.25, 0.3) is 10.9 Å². The van der Waals surface area contributed by atoms with E-state index in [0.717, 1.165) is 5.52 Å².